The van der Waals surface area contributed by atoms with Crippen LogP contribution in [0.5, 0.6) is 0 Å². The van der Waals surface area contributed by atoms with Crippen LogP contribution in [0.1, 0.15) is 26.5 Å². The highest BCUT2D eigenvalue weighted by atomic mass is 16.4. The van der Waals surface area contributed by atoms with Crippen molar-refractivity contribution in [3.63, 3.8) is 0 Å². The number of anilines is 1. The van der Waals surface area contributed by atoms with Gasteiger partial charge in [-0.2, -0.15) is 0 Å². The molecule has 0 saturated carbocycles. The molecule has 0 aliphatic rings. The van der Waals surface area contributed by atoms with Gasteiger partial charge in [-0.1, -0.05) is 13.8 Å². The molecule has 1 heterocycles. The third-order valence-corrected chi connectivity index (χ3v) is 2.66. The highest BCUT2D eigenvalue weighted by Crippen LogP contribution is 2.09. The third kappa shape index (κ3) is 5.26. The molecule has 0 aliphatic heterocycles. The number of carbonyl (C=O) groups excluding carboxylic acids is 1. The molecule has 110 valence electrons. The highest BCUT2D eigenvalue weighted by molar-refractivity contribution is 5.89. The summed E-state index contributed by atoms with van der Waals surface area (Å²) in [6.07, 6.45) is 1.35. The van der Waals surface area contributed by atoms with Gasteiger partial charge in [0, 0.05) is 13.1 Å². The molecule has 0 bridgehead atoms. The van der Waals surface area contributed by atoms with Crippen molar-refractivity contribution in [1.82, 2.24) is 9.88 Å². The molecule has 1 rings (SSSR count). The van der Waals surface area contributed by atoms with E-state index in [1.807, 2.05) is 6.92 Å². The minimum Gasteiger partial charge on any atom is -0.481 e. The van der Waals surface area contributed by atoms with Gasteiger partial charge in [0.15, 0.2) is 0 Å². The number of carbonyl (C=O) groups is 2. The van der Waals surface area contributed by atoms with Crippen molar-refractivity contribution < 1.29 is 14.7 Å². The molecule has 20 heavy (non-hydrogen) atoms. The second kappa shape index (κ2) is 7.47. The molecule has 2 N–H and O–H groups in total. The van der Waals surface area contributed by atoms with Crippen molar-refractivity contribution in [2.24, 2.45) is 5.92 Å². The average molecular weight is 279 g/mol. The fourth-order valence-electron chi connectivity index (χ4n) is 1.76. The van der Waals surface area contributed by atoms with Gasteiger partial charge < -0.3 is 15.3 Å². The number of pyridine rings is 1. The third-order valence-electron chi connectivity index (χ3n) is 2.66. The van der Waals surface area contributed by atoms with Gasteiger partial charge in [-0.15, -0.1) is 0 Å². The van der Waals surface area contributed by atoms with Crippen LogP contribution in [-0.4, -0.2) is 40.1 Å². The van der Waals surface area contributed by atoms with E-state index in [9.17, 15) is 9.59 Å². The fraction of sp³-hybridized carbons (Fsp3) is 0.500. The predicted molar refractivity (Wildman–Crippen MR) is 76.7 cm³/mol. The monoisotopic (exact) mass is 279 g/mol. The molecule has 0 aliphatic carbocycles. The Kier molecular flexibility index (Phi) is 5.96. The van der Waals surface area contributed by atoms with Gasteiger partial charge in [-0.05, 0) is 25.0 Å². The lowest BCUT2D eigenvalue weighted by Crippen LogP contribution is -2.37. The van der Waals surface area contributed by atoms with Crippen molar-refractivity contribution in [3.05, 3.63) is 24.0 Å². The van der Waals surface area contributed by atoms with E-state index in [2.05, 4.69) is 24.1 Å². The van der Waals surface area contributed by atoms with E-state index in [4.69, 9.17) is 5.11 Å². The molecule has 0 fully saturated rings. The summed E-state index contributed by atoms with van der Waals surface area (Å²) in [4.78, 5) is 28.3. The van der Waals surface area contributed by atoms with Gasteiger partial charge in [0.05, 0.1) is 24.0 Å². The van der Waals surface area contributed by atoms with Crippen LogP contribution < -0.4 is 5.32 Å². The van der Waals surface area contributed by atoms with E-state index in [-0.39, 0.29) is 12.5 Å². The molecule has 0 atom stereocenters. The lowest BCUT2D eigenvalue weighted by molar-refractivity contribution is -0.136. The number of nitrogens with zero attached hydrogens (tertiary/aromatic N) is 2. The normalized spacial score (nSPS) is 10.4. The number of nitrogens with one attached hydrogen (secondary N) is 1. The van der Waals surface area contributed by atoms with Crippen LogP contribution in [0.15, 0.2) is 18.3 Å². The Morgan fingerprint density at radius 3 is 2.55 bits per heavy atom. The van der Waals surface area contributed by atoms with Crippen LogP contribution in [0.3, 0.4) is 0 Å². The molecule has 1 aromatic heterocycles. The van der Waals surface area contributed by atoms with Crippen molar-refractivity contribution in [2.45, 2.75) is 27.2 Å². The smallest absolute Gasteiger partial charge is 0.321 e. The number of rotatable bonds is 6. The van der Waals surface area contributed by atoms with E-state index in [0.29, 0.717) is 30.4 Å². The zero-order valence-corrected chi connectivity index (χ0v) is 12.1. The minimum absolute atomic E-state index is 0.122. The van der Waals surface area contributed by atoms with E-state index >= 15 is 0 Å². The number of carboxylic acid groups (broad SMARTS) is 1. The number of carboxylic acids is 1. The summed E-state index contributed by atoms with van der Waals surface area (Å²) in [5.41, 5.74) is 1.02. The Bertz CT molecular complexity index is 457. The van der Waals surface area contributed by atoms with E-state index in [1.165, 1.54) is 6.20 Å². The molecule has 0 saturated heterocycles. The SMILES string of the molecule is CCN(CC(C)C)C(=O)Nc1ccc(CC(=O)O)nc1. The Hall–Kier alpha value is -2.11. The Labute approximate surface area is 118 Å². The van der Waals surface area contributed by atoms with Gasteiger partial charge >= 0.3 is 12.0 Å². The van der Waals surface area contributed by atoms with E-state index in [1.54, 1.807) is 17.0 Å². The molecular formula is C14H21N3O3. The first-order valence-electron chi connectivity index (χ1n) is 6.65. The first-order valence-corrected chi connectivity index (χ1v) is 6.65. The van der Waals surface area contributed by atoms with E-state index < -0.39 is 5.97 Å². The second-order valence-corrected chi connectivity index (χ2v) is 4.97. The topological polar surface area (TPSA) is 82.5 Å². The number of urea groups is 1. The Morgan fingerprint density at radius 2 is 2.10 bits per heavy atom. The summed E-state index contributed by atoms with van der Waals surface area (Å²) in [5, 5.41) is 11.4. The molecule has 0 aromatic carbocycles. The molecule has 0 unspecified atom stereocenters. The van der Waals surface area contributed by atoms with Crippen LogP contribution >= 0.6 is 0 Å². The molecule has 6 nitrogen and oxygen atoms in total. The molecular weight excluding hydrogens is 258 g/mol. The van der Waals surface area contributed by atoms with Crippen LogP contribution in [0.4, 0.5) is 10.5 Å². The lowest BCUT2D eigenvalue weighted by atomic mass is 10.2. The Balaban J connectivity index is 2.63. The molecule has 0 spiro atoms. The Morgan fingerprint density at radius 1 is 1.40 bits per heavy atom. The number of amides is 2. The van der Waals surface area contributed by atoms with Gasteiger partial charge in [0.25, 0.3) is 0 Å². The van der Waals surface area contributed by atoms with Gasteiger partial charge in [0.1, 0.15) is 0 Å². The number of aromatic nitrogens is 1. The molecule has 6 heteroatoms. The zero-order valence-electron chi connectivity index (χ0n) is 12.1. The number of hydrogen-bond donors (Lipinski definition) is 2. The molecule has 0 radical (unpaired) electrons. The predicted octanol–water partition coefficient (Wildman–Crippen LogP) is 2.22. The largest absolute Gasteiger partial charge is 0.481 e. The molecule has 1 aromatic rings. The van der Waals surface area contributed by atoms with Crippen molar-refractivity contribution >= 4 is 17.7 Å². The van der Waals surface area contributed by atoms with E-state index in [0.717, 1.165) is 0 Å². The van der Waals surface area contributed by atoms with Crippen molar-refractivity contribution in [1.29, 1.82) is 0 Å². The maximum atomic E-state index is 12.0. The zero-order chi connectivity index (χ0) is 15.1. The first-order chi connectivity index (χ1) is 9.42. The first kappa shape index (κ1) is 15.9. The summed E-state index contributed by atoms with van der Waals surface area (Å²) < 4.78 is 0. The van der Waals surface area contributed by atoms with Crippen LogP contribution in [-0.2, 0) is 11.2 Å². The minimum atomic E-state index is -0.927. The average Bonchev–Trinajstić information content (AvgIpc) is 2.37. The highest BCUT2D eigenvalue weighted by Gasteiger charge is 2.13. The van der Waals surface area contributed by atoms with Crippen LogP contribution in [0, 0.1) is 5.92 Å². The number of hydrogen-bond acceptors (Lipinski definition) is 3. The quantitative estimate of drug-likeness (QED) is 0.836. The standard InChI is InChI=1S/C14H21N3O3/c1-4-17(9-10(2)3)14(20)16-12-6-5-11(15-8-12)7-13(18)19/h5-6,8,10H,4,7,9H2,1-3H3,(H,16,20)(H,18,19). The summed E-state index contributed by atoms with van der Waals surface area (Å²) in [6.45, 7) is 7.36. The fourth-order valence-corrected chi connectivity index (χ4v) is 1.76. The number of aliphatic carboxylic acids is 1. The summed E-state index contributed by atoms with van der Waals surface area (Å²) in [5.74, 6) is -0.528. The van der Waals surface area contributed by atoms with Gasteiger partial charge in [0.2, 0.25) is 0 Å². The molecule has 2 amide bonds. The maximum absolute atomic E-state index is 12.0. The second-order valence-electron chi connectivity index (χ2n) is 4.97. The summed E-state index contributed by atoms with van der Waals surface area (Å²) in [7, 11) is 0. The van der Waals surface area contributed by atoms with Crippen LogP contribution in [0.2, 0.25) is 0 Å². The summed E-state index contributed by atoms with van der Waals surface area (Å²) >= 11 is 0. The van der Waals surface area contributed by atoms with Gasteiger partial charge in [-0.25, -0.2) is 4.79 Å². The summed E-state index contributed by atoms with van der Waals surface area (Å²) in [6, 6.07) is 3.09. The van der Waals surface area contributed by atoms with Crippen molar-refractivity contribution in [3.8, 4) is 0 Å². The van der Waals surface area contributed by atoms with Gasteiger partial charge in [-0.3, -0.25) is 9.78 Å². The lowest BCUT2D eigenvalue weighted by Gasteiger charge is -2.23. The maximum Gasteiger partial charge on any atom is 0.321 e. The van der Waals surface area contributed by atoms with Crippen LogP contribution in [0.25, 0.3) is 0 Å². The van der Waals surface area contributed by atoms with Crippen molar-refractivity contribution in [2.75, 3.05) is 18.4 Å².